The summed E-state index contributed by atoms with van der Waals surface area (Å²) in [5.74, 6) is -0.996. The molecule has 0 aliphatic carbocycles. The van der Waals surface area contributed by atoms with E-state index in [9.17, 15) is 19.4 Å². The average molecular weight is 375 g/mol. The van der Waals surface area contributed by atoms with Crippen LogP contribution < -0.4 is 5.73 Å². The first-order valence-corrected chi connectivity index (χ1v) is 10.2. The monoisotopic (exact) mass is 375 g/mol. The Labute approximate surface area is 151 Å². The maximum absolute atomic E-state index is 12.9. The number of hydrogen-bond acceptors (Lipinski definition) is 5. The van der Waals surface area contributed by atoms with E-state index in [1.54, 1.807) is 12.1 Å². The summed E-state index contributed by atoms with van der Waals surface area (Å²) in [6, 6.07) is 12.9. The summed E-state index contributed by atoms with van der Waals surface area (Å²) >= 11 is 0. The standard InChI is InChI=1S/C18H22N3O4P/c19-16-10-15(6-7-20-16)11-18(17(22)23)13-21(8-9-26(18,24)25)12-14-4-2-1-3-5-14/h1-7,10H,8-9,11-13H2,(H2,19,20)(H,22,23)(H,24,25). The fraction of sp³-hybridized carbons (Fsp3) is 0.333. The molecular formula is C18H22N3O4P. The number of carboxylic acid groups (broad SMARTS) is 1. The Kier molecular flexibility index (Phi) is 5.14. The van der Waals surface area contributed by atoms with Crippen molar-refractivity contribution in [1.82, 2.24) is 9.88 Å². The Balaban J connectivity index is 1.91. The van der Waals surface area contributed by atoms with Gasteiger partial charge in [0.15, 0.2) is 5.16 Å². The minimum absolute atomic E-state index is 0.00718. The van der Waals surface area contributed by atoms with Gasteiger partial charge in [0.1, 0.15) is 5.82 Å². The maximum atomic E-state index is 12.9. The van der Waals surface area contributed by atoms with Crippen LogP contribution in [-0.4, -0.2) is 50.3 Å². The number of hydrogen-bond donors (Lipinski definition) is 3. The molecule has 2 unspecified atom stereocenters. The predicted molar refractivity (Wildman–Crippen MR) is 99.1 cm³/mol. The van der Waals surface area contributed by atoms with Crippen LogP contribution in [-0.2, 0) is 22.3 Å². The van der Waals surface area contributed by atoms with Crippen molar-refractivity contribution in [1.29, 1.82) is 0 Å². The molecule has 1 aliphatic rings. The van der Waals surface area contributed by atoms with E-state index in [0.29, 0.717) is 18.7 Å². The Morgan fingerprint density at radius 1 is 1.27 bits per heavy atom. The van der Waals surface area contributed by atoms with Crippen molar-refractivity contribution in [2.75, 3.05) is 25.0 Å². The molecule has 26 heavy (non-hydrogen) atoms. The molecule has 7 nitrogen and oxygen atoms in total. The Bertz CT molecular complexity index is 845. The second-order valence-electron chi connectivity index (χ2n) is 6.72. The smallest absolute Gasteiger partial charge is 0.321 e. The fourth-order valence-corrected chi connectivity index (χ4v) is 5.57. The van der Waals surface area contributed by atoms with Crippen LogP contribution in [0.4, 0.5) is 5.82 Å². The number of nitrogen functional groups attached to an aromatic ring is 1. The quantitative estimate of drug-likeness (QED) is 0.683. The lowest BCUT2D eigenvalue weighted by atomic mass is 9.97. The molecule has 138 valence electrons. The van der Waals surface area contributed by atoms with Gasteiger partial charge in [0, 0.05) is 32.0 Å². The molecule has 0 bridgehead atoms. The van der Waals surface area contributed by atoms with Crippen molar-refractivity contribution < 1.29 is 19.4 Å². The van der Waals surface area contributed by atoms with Crippen molar-refractivity contribution in [2.45, 2.75) is 18.1 Å². The average Bonchev–Trinajstić information content (AvgIpc) is 2.59. The van der Waals surface area contributed by atoms with Crippen molar-refractivity contribution >= 4 is 19.2 Å². The maximum Gasteiger partial charge on any atom is 0.321 e. The SMILES string of the molecule is Nc1cc(CC2(C(=O)O)CN(Cc3ccccc3)CCP2(=O)O)ccn1. The van der Waals surface area contributed by atoms with Gasteiger partial charge in [0.2, 0.25) is 7.37 Å². The number of carbonyl (C=O) groups is 1. The molecule has 1 aromatic heterocycles. The van der Waals surface area contributed by atoms with Gasteiger partial charge >= 0.3 is 5.97 Å². The van der Waals surface area contributed by atoms with E-state index >= 15 is 0 Å². The number of carboxylic acids is 1. The van der Waals surface area contributed by atoms with Gasteiger partial charge in [0.25, 0.3) is 0 Å². The molecule has 2 heterocycles. The highest BCUT2D eigenvalue weighted by atomic mass is 31.2. The summed E-state index contributed by atoms with van der Waals surface area (Å²) in [6.07, 6.45) is 1.37. The van der Waals surface area contributed by atoms with E-state index in [1.807, 2.05) is 35.2 Å². The summed E-state index contributed by atoms with van der Waals surface area (Å²) in [6.45, 7) is 0.928. The lowest BCUT2D eigenvalue weighted by molar-refractivity contribution is -0.141. The molecule has 1 aliphatic heterocycles. The lowest BCUT2D eigenvalue weighted by Crippen LogP contribution is -2.55. The Morgan fingerprint density at radius 3 is 2.65 bits per heavy atom. The fourth-order valence-electron chi connectivity index (χ4n) is 3.44. The highest BCUT2D eigenvalue weighted by Gasteiger charge is 2.56. The molecule has 2 aromatic rings. The van der Waals surface area contributed by atoms with E-state index < -0.39 is 18.5 Å². The van der Waals surface area contributed by atoms with Gasteiger partial charge in [0.05, 0.1) is 0 Å². The third-order valence-electron chi connectivity index (χ3n) is 4.86. The Morgan fingerprint density at radius 2 is 2.00 bits per heavy atom. The molecule has 1 aromatic carbocycles. The minimum Gasteiger partial charge on any atom is -0.480 e. The number of benzene rings is 1. The number of nitrogens with zero attached hydrogens (tertiary/aromatic N) is 2. The summed E-state index contributed by atoms with van der Waals surface area (Å²) in [5.41, 5.74) is 7.31. The van der Waals surface area contributed by atoms with Crippen LogP contribution in [0.5, 0.6) is 0 Å². The van der Waals surface area contributed by atoms with Crippen LogP contribution in [0, 0.1) is 0 Å². The van der Waals surface area contributed by atoms with Crippen molar-refractivity contribution in [2.24, 2.45) is 0 Å². The first kappa shape index (κ1) is 18.6. The zero-order valence-electron chi connectivity index (χ0n) is 14.3. The topological polar surface area (TPSA) is 117 Å². The van der Waals surface area contributed by atoms with Gasteiger partial charge in [-0.1, -0.05) is 30.3 Å². The molecule has 1 fully saturated rings. The van der Waals surface area contributed by atoms with Gasteiger partial charge in [-0.3, -0.25) is 14.3 Å². The van der Waals surface area contributed by atoms with Crippen LogP contribution in [0.25, 0.3) is 0 Å². The van der Waals surface area contributed by atoms with E-state index in [0.717, 1.165) is 5.56 Å². The second-order valence-corrected chi connectivity index (χ2v) is 9.43. The van der Waals surface area contributed by atoms with Crippen LogP contribution in [0.15, 0.2) is 48.7 Å². The largest absolute Gasteiger partial charge is 0.480 e. The van der Waals surface area contributed by atoms with E-state index in [2.05, 4.69) is 4.98 Å². The molecule has 2 atom stereocenters. The predicted octanol–water partition coefficient (Wildman–Crippen LogP) is 1.82. The highest BCUT2D eigenvalue weighted by Crippen LogP contribution is 2.58. The molecular weight excluding hydrogens is 353 g/mol. The first-order chi connectivity index (χ1) is 12.3. The molecule has 1 saturated heterocycles. The summed E-state index contributed by atoms with van der Waals surface area (Å²) in [7, 11) is -3.91. The van der Waals surface area contributed by atoms with Crippen LogP contribution >= 0.6 is 7.37 Å². The zero-order chi connectivity index (χ0) is 18.8. The number of nitrogens with two attached hydrogens (primary N) is 1. The van der Waals surface area contributed by atoms with Gasteiger partial charge in [-0.05, 0) is 29.7 Å². The number of aromatic nitrogens is 1. The van der Waals surface area contributed by atoms with Crippen LogP contribution in [0.3, 0.4) is 0 Å². The van der Waals surface area contributed by atoms with Crippen molar-refractivity contribution in [3.63, 3.8) is 0 Å². The van der Waals surface area contributed by atoms with Gasteiger partial charge in [-0.2, -0.15) is 0 Å². The van der Waals surface area contributed by atoms with E-state index in [-0.39, 0.29) is 24.9 Å². The molecule has 8 heteroatoms. The molecule has 3 rings (SSSR count). The number of anilines is 1. The van der Waals surface area contributed by atoms with Gasteiger partial charge in [-0.15, -0.1) is 0 Å². The molecule has 0 amide bonds. The minimum atomic E-state index is -3.91. The van der Waals surface area contributed by atoms with Crippen LogP contribution in [0.2, 0.25) is 0 Å². The third kappa shape index (κ3) is 3.65. The van der Waals surface area contributed by atoms with Crippen molar-refractivity contribution in [3.8, 4) is 0 Å². The summed E-state index contributed by atoms with van der Waals surface area (Å²) in [5, 5.41) is 8.18. The highest BCUT2D eigenvalue weighted by molar-refractivity contribution is 7.61. The number of rotatable bonds is 5. The second kappa shape index (κ2) is 7.19. The number of pyridine rings is 1. The molecule has 0 radical (unpaired) electrons. The van der Waals surface area contributed by atoms with Gasteiger partial charge < -0.3 is 15.7 Å². The number of aliphatic carboxylic acids is 1. The molecule has 4 N–H and O–H groups in total. The lowest BCUT2D eigenvalue weighted by Gasteiger charge is -2.43. The van der Waals surface area contributed by atoms with Gasteiger partial charge in [-0.25, -0.2) is 4.98 Å². The van der Waals surface area contributed by atoms with Crippen LogP contribution in [0.1, 0.15) is 11.1 Å². The zero-order valence-corrected chi connectivity index (χ0v) is 15.2. The Hall–Kier alpha value is -2.21. The van der Waals surface area contributed by atoms with E-state index in [4.69, 9.17) is 5.73 Å². The van der Waals surface area contributed by atoms with Crippen molar-refractivity contribution in [3.05, 3.63) is 59.8 Å². The molecule has 0 spiro atoms. The summed E-state index contributed by atoms with van der Waals surface area (Å²) < 4.78 is 12.9. The molecule has 0 saturated carbocycles. The third-order valence-corrected chi connectivity index (χ3v) is 7.50. The van der Waals surface area contributed by atoms with E-state index in [1.165, 1.54) is 6.20 Å². The summed E-state index contributed by atoms with van der Waals surface area (Å²) in [4.78, 5) is 28.6. The normalized spacial score (nSPS) is 26.5. The first-order valence-electron chi connectivity index (χ1n) is 8.34.